The molecular formula is C16H16N2O3. The fourth-order valence-electron chi connectivity index (χ4n) is 1.91. The lowest BCUT2D eigenvalue weighted by atomic mass is 10.1. The minimum atomic E-state index is -0.744. The van der Waals surface area contributed by atoms with Crippen molar-refractivity contribution in [1.29, 1.82) is 0 Å². The molecule has 2 rings (SSSR count). The van der Waals surface area contributed by atoms with E-state index in [0.717, 1.165) is 5.56 Å². The van der Waals surface area contributed by atoms with Gasteiger partial charge in [-0.2, -0.15) is 0 Å². The van der Waals surface area contributed by atoms with Crippen molar-refractivity contribution >= 4 is 11.9 Å². The topological polar surface area (TPSA) is 68.3 Å². The highest BCUT2D eigenvalue weighted by Crippen LogP contribution is 2.05. The summed E-state index contributed by atoms with van der Waals surface area (Å²) in [7, 11) is 1.30. The van der Waals surface area contributed by atoms with E-state index in [1.165, 1.54) is 13.3 Å². The minimum Gasteiger partial charge on any atom is -0.467 e. The normalized spacial score (nSPS) is 11.5. The SMILES string of the molecule is COC(=O)[C@@H](Cc1ccccc1)NC(=O)c1ccccn1. The van der Waals surface area contributed by atoms with Crippen molar-refractivity contribution in [2.45, 2.75) is 12.5 Å². The summed E-state index contributed by atoms with van der Waals surface area (Å²) in [6.45, 7) is 0. The first-order chi connectivity index (χ1) is 10.2. The average Bonchev–Trinajstić information content (AvgIpc) is 2.55. The van der Waals surface area contributed by atoms with Gasteiger partial charge in [-0.3, -0.25) is 9.78 Å². The highest BCUT2D eigenvalue weighted by Gasteiger charge is 2.22. The summed E-state index contributed by atoms with van der Waals surface area (Å²) in [5, 5.41) is 2.66. The molecule has 21 heavy (non-hydrogen) atoms. The fourth-order valence-corrected chi connectivity index (χ4v) is 1.91. The first kappa shape index (κ1) is 14.7. The molecule has 1 heterocycles. The highest BCUT2D eigenvalue weighted by atomic mass is 16.5. The lowest BCUT2D eigenvalue weighted by Crippen LogP contribution is -2.43. The third-order valence-electron chi connectivity index (χ3n) is 2.97. The maximum absolute atomic E-state index is 12.1. The van der Waals surface area contributed by atoms with Gasteiger partial charge in [0.05, 0.1) is 7.11 Å². The van der Waals surface area contributed by atoms with Crippen molar-refractivity contribution in [3.8, 4) is 0 Å². The number of hydrogen-bond acceptors (Lipinski definition) is 4. The third-order valence-corrected chi connectivity index (χ3v) is 2.97. The molecule has 0 radical (unpaired) electrons. The predicted octanol–water partition coefficient (Wildman–Crippen LogP) is 1.60. The first-order valence-electron chi connectivity index (χ1n) is 6.54. The number of pyridine rings is 1. The molecule has 2 aromatic rings. The van der Waals surface area contributed by atoms with Gasteiger partial charge in [-0.25, -0.2) is 4.79 Å². The Morgan fingerprint density at radius 1 is 1.14 bits per heavy atom. The fraction of sp³-hybridized carbons (Fsp3) is 0.188. The van der Waals surface area contributed by atoms with Gasteiger partial charge in [-0.1, -0.05) is 36.4 Å². The van der Waals surface area contributed by atoms with Gasteiger partial charge in [0.1, 0.15) is 11.7 Å². The minimum absolute atomic E-state index is 0.263. The zero-order valence-corrected chi connectivity index (χ0v) is 11.7. The van der Waals surface area contributed by atoms with Gasteiger partial charge in [0, 0.05) is 12.6 Å². The number of nitrogens with one attached hydrogen (secondary N) is 1. The van der Waals surface area contributed by atoms with Crippen LogP contribution in [0.4, 0.5) is 0 Å². The van der Waals surface area contributed by atoms with E-state index in [0.29, 0.717) is 6.42 Å². The number of esters is 1. The van der Waals surface area contributed by atoms with Gasteiger partial charge >= 0.3 is 5.97 Å². The molecule has 1 N–H and O–H groups in total. The van der Waals surface area contributed by atoms with Crippen LogP contribution in [0.25, 0.3) is 0 Å². The number of benzene rings is 1. The largest absolute Gasteiger partial charge is 0.467 e. The Bertz CT molecular complexity index is 599. The Labute approximate surface area is 123 Å². The lowest BCUT2D eigenvalue weighted by Gasteiger charge is -2.16. The molecule has 0 aliphatic carbocycles. The second-order valence-electron chi connectivity index (χ2n) is 4.45. The number of carbonyl (C=O) groups is 2. The van der Waals surface area contributed by atoms with Crippen LogP contribution < -0.4 is 5.32 Å². The summed E-state index contributed by atoms with van der Waals surface area (Å²) in [6, 6.07) is 13.7. The molecule has 0 saturated heterocycles. The van der Waals surface area contributed by atoms with Crippen molar-refractivity contribution in [2.75, 3.05) is 7.11 Å². The number of carbonyl (C=O) groups excluding carboxylic acids is 2. The molecule has 0 saturated carbocycles. The number of ether oxygens (including phenoxy) is 1. The Hall–Kier alpha value is -2.69. The molecule has 1 atom stereocenters. The van der Waals surface area contributed by atoms with E-state index in [2.05, 4.69) is 10.3 Å². The van der Waals surface area contributed by atoms with Gasteiger partial charge in [0.2, 0.25) is 0 Å². The van der Waals surface area contributed by atoms with Crippen LogP contribution in [0.5, 0.6) is 0 Å². The van der Waals surface area contributed by atoms with Gasteiger partial charge < -0.3 is 10.1 Å². The average molecular weight is 284 g/mol. The molecule has 0 unspecified atom stereocenters. The smallest absolute Gasteiger partial charge is 0.328 e. The molecular weight excluding hydrogens is 268 g/mol. The van der Waals surface area contributed by atoms with E-state index >= 15 is 0 Å². The summed E-state index contributed by atoms with van der Waals surface area (Å²) in [5.41, 5.74) is 1.20. The Balaban J connectivity index is 2.10. The Kier molecular flexibility index (Phi) is 5.04. The van der Waals surface area contributed by atoms with Gasteiger partial charge in [0.15, 0.2) is 0 Å². The Morgan fingerprint density at radius 2 is 1.86 bits per heavy atom. The summed E-state index contributed by atoms with van der Waals surface area (Å²) in [5.74, 6) is -0.884. The number of nitrogens with zero attached hydrogens (tertiary/aromatic N) is 1. The van der Waals surface area contributed by atoms with Gasteiger partial charge in [0.25, 0.3) is 5.91 Å². The van der Waals surface area contributed by atoms with E-state index in [9.17, 15) is 9.59 Å². The number of rotatable bonds is 5. The zero-order valence-electron chi connectivity index (χ0n) is 11.7. The van der Waals surface area contributed by atoms with Crippen molar-refractivity contribution < 1.29 is 14.3 Å². The van der Waals surface area contributed by atoms with E-state index in [1.807, 2.05) is 30.3 Å². The molecule has 0 fully saturated rings. The van der Waals surface area contributed by atoms with Crippen LogP contribution in [0.2, 0.25) is 0 Å². The summed E-state index contributed by atoms with van der Waals surface area (Å²) in [6.07, 6.45) is 1.89. The van der Waals surface area contributed by atoms with Crippen LogP contribution >= 0.6 is 0 Å². The van der Waals surface area contributed by atoms with Crippen molar-refractivity contribution in [1.82, 2.24) is 10.3 Å². The van der Waals surface area contributed by atoms with Crippen molar-refractivity contribution in [3.63, 3.8) is 0 Å². The van der Waals surface area contributed by atoms with Crippen LogP contribution in [-0.4, -0.2) is 30.0 Å². The van der Waals surface area contributed by atoms with Crippen LogP contribution in [0, 0.1) is 0 Å². The second-order valence-corrected chi connectivity index (χ2v) is 4.45. The van der Waals surface area contributed by atoms with Crippen molar-refractivity contribution in [3.05, 3.63) is 66.0 Å². The van der Waals surface area contributed by atoms with Crippen molar-refractivity contribution in [2.24, 2.45) is 0 Å². The number of hydrogen-bond donors (Lipinski definition) is 1. The molecule has 0 aliphatic heterocycles. The Morgan fingerprint density at radius 3 is 2.48 bits per heavy atom. The second kappa shape index (κ2) is 7.19. The van der Waals surface area contributed by atoms with Crippen LogP contribution in [0.3, 0.4) is 0 Å². The van der Waals surface area contributed by atoms with Crippen LogP contribution in [0.15, 0.2) is 54.7 Å². The number of amides is 1. The molecule has 0 spiro atoms. The van der Waals surface area contributed by atoms with E-state index in [1.54, 1.807) is 18.2 Å². The molecule has 1 aromatic heterocycles. The predicted molar refractivity (Wildman–Crippen MR) is 77.7 cm³/mol. The van der Waals surface area contributed by atoms with Crippen LogP contribution in [0.1, 0.15) is 16.1 Å². The molecule has 1 aromatic carbocycles. The molecule has 5 heteroatoms. The van der Waals surface area contributed by atoms with Crippen LogP contribution in [-0.2, 0) is 16.0 Å². The molecule has 5 nitrogen and oxygen atoms in total. The monoisotopic (exact) mass is 284 g/mol. The first-order valence-corrected chi connectivity index (χ1v) is 6.54. The van der Waals surface area contributed by atoms with E-state index in [-0.39, 0.29) is 5.69 Å². The molecule has 1 amide bonds. The van der Waals surface area contributed by atoms with E-state index in [4.69, 9.17) is 4.74 Å². The number of methoxy groups -OCH3 is 1. The summed E-state index contributed by atoms with van der Waals surface area (Å²) >= 11 is 0. The van der Waals surface area contributed by atoms with Gasteiger partial charge in [-0.15, -0.1) is 0 Å². The lowest BCUT2D eigenvalue weighted by molar-refractivity contribution is -0.142. The third kappa shape index (κ3) is 4.14. The molecule has 108 valence electrons. The number of aromatic nitrogens is 1. The van der Waals surface area contributed by atoms with Gasteiger partial charge in [-0.05, 0) is 17.7 Å². The zero-order chi connectivity index (χ0) is 15.1. The summed E-state index contributed by atoms with van der Waals surface area (Å²) < 4.78 is 4.75. The quantitative estimate of drug-likeness (QED) is 0.847. The van der Waals surface area contributed by atoms with E-state index < -0.39 is 17.9 Å². The summed E-state index contributed by atoms with van der Waals surface area (Å²) in [4.78, 5) is 27.9. The maximum atomic E-state index is 12.1. The maximum Gasteiger partial charge on any atom is 0.328 e. The standard InChI is InChI=1S/C16H16N2O3/c1-21-16(20)14(11-12-7-3-2-4-8-12)18-15(19)13-9-5-6-10-17-13/h2-10,14H,11H2,1H3,(H,18,19)/t14-/m1/s1. The molecule has 0 aliphatic rings. The molecule has 0 bridgehead atoms. The highest BCUT2D eigenvalue weighted by molar-refractivity contribution is 5.95.